The maximum absolute atomic E-state index is 12.8. The molecule has 8 nitrogen and oxygen atoms in total. The molecule has 4 N–H and O–H groups in total. The predicted octanol–water partition coefficient (Wildman–Crippen LogP) is 3.38. The maximum atomic E-state index is 12.8. The summed E-state index contributed by atoms with van der Waals surface area (Å²) in [6, 6.07) is 21.3. The van der Waals surface area contributed by atoms with Gasteiger partial charge in [0.2, 0.25) is 5.91 Å². The van der Waals surface area contributed by atoms with Gasteiger partial charge in [0, 0.05) is 24.4 Å². The number of hydrogen-bond donors (Lipinski definition) is 4. The first-order chi connectivity index (χ1) is 15.3. The lowest BCUT2D eigenvalue weighted by atomic mass is 9.97. The van der Waals surface area contributed by atoms with Crippen LogP contribution in [-0.4, -0.2) is 25.4 Å². The quantitative estimate of drug-likeness (QED) is 0.249. The Bertz CT molecular complexity index is 1250. The number of rotatable bonds is 7. The number of nitrogens with one attached hydrogen (secondary N) is 3. The molecule has 3 aromatic carbocycles. The molecule has 0 saturated carbocycles. The van der Waals surface area contributed by atoms with Crippen LogP contribution in [0.3, 0.4) is 0 Å². The summed E-state index contributed by atoms with van der Waals surface area (Å²) < 4.78 is 28.1. The van der Waals surface area contributed by atoms with Crippen molar-refractivity contribution in [2.75, 3.05) is 10.0 Å². The van der Waals surface area contributed by atoms with Crippen molar-refractivity contribution >= 4 is 38.8 Å². The van der Waals surface area contributed by atoms with Crippen LogP contribution in [-0.2, 0) is 19.6 Å². The largest absolute Gasteiger partial charge is 0.326 e. The topological polar surface area (TPSA) is 125 Å². The third kappa shape index (κ3) is 5.81. The van der Waals surface area contributed by atoms with Crippen molar-refractivity contribution < 1.29 is 23.2 Å². The summed E-state index contributed by atoms with van der Waals surface area (Å²) in [5.41, 5.74) is 4.13. The van der Waals surface area contributed by atoms with Crippen molar-refractivity contribution in [1.82, 2.24) is 5.48 Å². The lowest BCUT2D eigenvalue weighted by Gasteiger charge is -2.12. The van der Waals surface area contributed by atoms with E-state index in [1.165, 1.54) is 37.3 Å². The molecular weight excluding hydrogens is 430 g/mol. The number of carbonyl (C=O) groups excluding carboxylic acids is 2. The van der Waals surface area contributed by atoms with E-state index in [-0.39, 0.29) is 10.8 Å². The molecule has 3 rings (SSSR count). The minimum atomic E-state index is -3.89. The summed E-state index contributed by atoms with van der Waals surface area (Å²) in [5, 5.41) is 11.5. The number of amides is 2. The van der Waals surface area contributed by atoms with Gasteiger partial charge in [-0.3, -0.25) is 19.5 Å². The predicted molar refractivity (Wildman–Crippen MR) is 121 cm³/mol. The van der Waals surface area contributed by atoms with Gasteiger partial charge in [-0.15, -0.1) is 0 Å². The molecule has 0 heterocycles. The molecular formula is C23H21N3O5S. The molecule has 0 bridgehead atoms. The standard InChI is InChI=1S/C23H21N3O5S/c1-16(27)24-19-10-12-21(13-11-19)32(30,31)26-20-9-5-8-18(14-20)22(15-23(28)25-29)17-6-3-2-4-7-17/h2-15,26,29H,1H3,(H,24,27)(H,25,28)/b22-15-. The first-order valence-electron chi connectivity index (χ1n) is 9.50. The van der Waals surface area contributed by atoms with E-state index in [1.54, 1.807) is 54.0 Å². The van der Waals surface area contributed by atoms with Crippen LogP contribution < -0.4 is 15.5 Å². The summed E-state index contributed by atoms with van der Waals surface area (Å²) in [4.78, 5) is 22.9. The van der Waals surface area contributed by atoms with Crippen LogP contribution in [0, 0.1) is 0 Å². The fraction of sp³-hybridized carbons (Fsp3) is 0.0435. The van der Waals surface area contributed by atoms with Gasteiger partial charge in [0.15, 0.2) is 0 Å². The second-order valence-corrected chi connectivity index (χ2v) is 8.47. The second-order valence-electron chi connectivity index (χ2n) is 6.79. The SMILES string of the molecule is CC(=O)Nc1ccc(S(=O)(=O)Nc2cccc(/C(=C\C(=O)NO)c3ccccc3)c2)cc1. The molecule has 0 aromatic heterocycles. The van der Waals surface area contributed by atoms with E-state index in [1.807, 2.05) is 6.07 Å². The second kappa shape index (κ2) is 9.90. The minimum Gasteiger partial charge on any atom is -0.326 e. The monoisotopic (exact) mass is 451 g/mol. The summed E-state index contributed by atoms with van der Waals surface area (Å²) in [6.45, 7) is 1.36. The maximum Gasteiger partial charge on any atom is 0.267 e. The van der Waals surface area contributed by atoms with Crippen molar-refractivity contribution in [3.63, 3.8) is 0 Å². The molecule has 0 saturated heterocycles. The molecule has 2 amide bonds. The Kier molecular flexibility index (Phi) is 7.04. The van der Waals surface area contributed by atoms with Crippen molar-refractivity contribution in [3.05, 3.63) is 96.1 Å². The molecule has 0 aliphatic rings. The van der Waals surface area contributed by atoms with Crippen LogP contribution in [0.15, 0.2) is 89.8 Å². The molecule has 0 unspecified atom stereocenters. The highest BCUT2D eigenvalue weighted by atomic mass is 32.2. The third-order valence-electron chi connectivity index (χ3n) is 4.38. The van der Waals surface area contributed by atoms with Crippen molar-refractivity contribution in [2.45, 2.75) is 11.8 Å². The summed E-state index contributed by atoms with van der Waals surface area (Å²) in [6.07, 6.45) is 1.23. The third-order valence-corrected chi connectivity index (χ3v) is 5.78. The van der Waals surface area contributed by atoms with Gasteiger partial charge in [-0.25, -0.2) is 13.9 Å². The van der Waals surface area contributed by atoms with Gasteiger partial charge in [-0.1, -0.05) is 42.5 Å². The van der Waals surface area contributed by atoms with Crippen molar-refractivity contribution in [1.29, 1.82) is 0 Å². The van der Waals surface area contributed by atoms with Gasteiger partial charge in [0.05, 0.1) is 4.90 Å². The van der Waals surface area contributed by atoms with E-state index in [9.17, 15) is 18.0 Å². The zero-order valence-corrected chi connectivity index (χ0v) is 17.9. The van der Waals surface area contributed by atoms with Crippen LogP contribution in [0.4, 0.5) is 11.4 Å². The summed E-state index contributed by atoms with van der Waals surface area (Å²) >= 11 is 0. The highest BCUT2D eigenvalue weighted by Crippen LogP contribution is 2.27. The highest BCUT2D eigenvalue weighted by molar-refractivity contribution is 7.92. The van der Waals surface area contributed by atoms with Crippen molar-refractivity contribution in [3.8, 4) is 0 Å². The highest BCUT2D eigenvalue weighted by Gasteiger charge is 2.15. The number of hydrogen-bond acceptors (Lipinski definition) is 5. The molecule has 164 valence electrons. The first kappa shape index (κ1) is 22.7. The van der Waals surface area contributed by atoms with Crippen molar-refractivity contribution in [2.24, 2.45) is 0 Å². The van der Waals surface area contributed by atoms with E-state index in [0.717, 1.165) is 0 Å². The van der Waals surface area contributed by atoms with E-state index >= 15 is 0 Å². The average molecular weight is 452 g/mol. The first-order valence-corrected chi connectivity index (χ1v) is 11.0. The zero-order valence-electron chi connectivity index (χ0n) is 17.1. The van der Waals surface area contributed by atoms with Crippen LogP contribution in [0.2, 0.25) is 0 Å². The van der Waals surface area contributed by atoms with Crippen LogP contribution >= 0.6 is 0 Å². The molecule has 0 spiro atoms. The fourth-order valence-corrected chi connectivity index (χ4v) is 4.05. The Balaban J connectivity index is 1.91. The van der Waals surface area contributed by atoms with Gasteiger partial charge in [0.25, 0.3) is 15.9 Å². The van der Waals surface area contributed by atoms with Gasteiger partial charge in [-0.05, 0) is 53.1 Å². The van der Waals surface area contributed by atoms with Crippen LogP contribution in [0.25, 0.3) is 5.57 Å². The Morgan fingerprint density at radius 3 is 2.12 bits per heavy atom. The normalized spacial score (nSPS) is 11.5. The molecule has 0 aliphatic heterocycles. The Hall–Kier alpha value is -3.95. The molecule has 32 heavy (non-hydrogen) atoms. The van der Waals surface area contributed by atoms with E-state index in [4.69, 9.17) is 5.21 Å². The lowest BCUT2D eigenvalue weighted by Crippen LogP contribution is -2.16. The Morgan fingerprint density at radius 1 is 0.844 bits per heavy atom. The van der Waals surface area contributed by atoms with Gasteiger partial charge in [0.1, 0.15) is 0 Å². The van der Waals surface area contributed by atoms with E-state index in [0.29, 0.717) is 28.1 Å². The average Bonchev–Trinajstić information content (AvgIpc) is 2.77. The smallest absolute Gasteiger partial charge is 0.267 e. The fourth-order valence-electron chi connectivity index (χ4n) is 3.00. The molecule has 0 radical (unpaired) electrons. The molecule has 9 heteroatoms. The Labute approximate surface area is 185 Å². The number of carbonyl (C=O) groups is 2. The molecule has 0 fully saturated rings. The van der Waals surface area contributed by atoms with Crippen LogP contribution in [0.1, 0.15) is 18.1 Å². The zero-order chi connectivity index (χ0) is 23.1. The molecule has 0 aliphatic carbocycles. The number of benzene rings is 3. The number of hydroxylamine groups is 1. The number of anilines is 2. The van der Waals surface area contributed by atoms with Crippen LogP contribution in [0.5, 0.6) is 0 Å². The Morgan fingerprint density at radius 2 is 1.50 bits per heavy atom. The van der Waals surface area contributed by atoms with Gasteiger partial charge >= 0.3 is 0 Å². The number of sulfonamides is 1. The molecule has 3 aromatic rings. The lowest BCUT2D eigenvalue weighted by molar-refractivity contribution is -0.124. The van der Waals surface area contributed by atoms with Gasteiger partial charge < -0.3 is 5.32 Å². The molecule has 0 atom stereocenters. The summed E-state index contributed by atoms with van der Waals surface area (Å²) in [7, 11) is -3.89. The van der Waals surface area contributed by atoms with E-state index < -0.39 is 15.9 Å². The summed E-state index contributed by atoms with van der Waals surface area (Å²) in [5.74, 6) is -0.971. The minimum absolute atomic E-state index is 0.0236. The van der Waals surface area contributed by atoms with Gasteiger partial charge in [-0.2, -0.15) is 0 Å². The van der Waals surface area contributed by atoms with E-state index in [2.05, 4.69) is 10.0 Å².